The van der Waals surface area contributed by atoms with Crippen LogP contribution in [-0.4, -0.2) is 19.2 Å². The van der Waals surface area contributed by atoms with E-state index >= 15 is 0 Å². The number of nitrogens with two attached hydrogens (primary N) is 1. The summed E-state index contributed by atoms with van der Waals surface area (Å²) in [6.45, 7) is 1.96. The van der Waals surface area contributed by atoms with Crippen molar-refractivity contribution in [1.82, 2.24) is 0 Å². The van der Waals surface area contributed by atoms with Crippen LogP contribution >= 0.6 is 0 Å². The Bertz CT molecular complexity index is 415. The molecule has 1 aliphatic rings. The number of anilines is 1. The van der Waals surface area contributed by atoms with Crippen molar-refractivity contribution in [3.63, 3.8) is 0 Å². The lowest BCUT2D eigenvalue weighted by molar-refractivity contribution is 0.0595. The Balaban J connectivity index is 2.52. The number of carbonyl (C=O) groups excluding carboxylic acids is 1. The molecule has 15 heavy (non-hydrogen) atoms. The molecule has 1 aromatic rings. The predicted octanol–water partition coefficient (Wildman–Crippen LogP) is 1.38. The van der Waals surface area contributed by atoms with E-state index in [4.69, 9.17) is 10.5 Å². The van der Waals surface area contributed by atoms with Crippen molar-refractivity contribution in [3.8, 4) is 5.75 Å². The van der Waals surface area contributed by atoms with E-state index < -0.39 is 5.97 Å². The van der Waals surface area contributed by atoms with Crippen LogP contribution in [0.15, 0.2) is 12.1 Å². The topological polar surface area (TPSA) is 61.5 Å². The summed E-state index contributed by atoms with van der Waals surface area (Å²) in [5.74, 6) is 0.205. The molecule has 1 aliphatic heterocycles. The van der Waals surface area contributed by atoms with Crippen molar-refractivity contribution in [3.05, 3.63) is 23.3 Å². The zero-order valence-corrected chi connectivity index (χ0v) is 8.74. The van der Waals surface area contributed by atoms with Gasteiger partial charge in [0.15, 0.2) is 0 Å². The average Bonchev–Trinajstić information content (AvgIpc) is 2.55. The third-order valence-corrected chi connectivity index (χ3v) is 2.42. The molecule has 2 rings (SSSR count). The van der Waals surface area contributed by atoms with Crippen LogP contribution < -0.4 is 10.5 Å². The third kappa shape index (κ3) is 1.63. The monoisotopic (exact) mass is 207 g/mol. The molecule has 80 valence electrons. The summed E-state index contributed by atoms with van der Waals surface area (Å²) in [4.78, 5) is 11.5. The molecule has 2 N–H and O–H groups in total. The van der Waals surface area contributed by atoms with Gasteiger partial charge in [0.05, 0.1) is 7.11 Å². The molecule has 1 aromatic carbocycles. The fourth-order valence-electron chi connectivity index (χ4n) is 1.82. The number of hydrogen-bond acceptors (Lipinski definition) is 4. The molecule has 0 saturated carbocycles. The Kier molecular flexibility index (Phi) is 2.26. The molecule has 4 heteroatoms. The summed E-state index contributed by atoms with van der Waals surface area (Å²) < 4.78 is 10.2. The summed E-state index contributed by atoms with van der Waals surface area (Å²) >= 11 is 0. The number of esters is 1. The predicted molar refractivity (Wildman–Crippen MR) is 56.0 cm³/mol. The van der Waals surface area contributed by atoms with E-state index in [1.54, 1.807) is 6.07 Å². The molecule has 1 atom stereocenters. The van der Waals surface area contributed by atoms with Crippen molar-refractivity contribution in [2.75, 3.05) is 12.8 Å². The third-order valence-electron chi connectivity index (χ3n) is 2.42. The number of nitrogen functional groups attached to an aromatic ring is 1. The van der Waals surface area contributed by atoms with Crippen LogP contribution in [0.25, 0.3) is 0 Å². The molecule has 0 amide bonds. The maximum Gasteiger partial charge on any atom is 0.341 e. The Labute approximate surface area is 88.0 Å². The molecule has 0 spiro atoms. The SMILES string of the molecule is COC(=O)c1cc(N)cc2c1OC(C)C2. The number of fused-ring (bicyclic) bond motifs is 1. The summed E-state index contributed by atoms with van der Waals surface area (Å²) in [7, 11) is 1.34. The summed E-state index contributed by atoms with van der Waals surface area (Å²) in [6, 6.07) is 3.42. The van der Waals surface area contributed by atoms with E-state index in [9.17, 15) is 4.79 Å². The van der Waals surface area contributed by atoms with Crippen LogP contribution in [0, 0.1) is 0 Å². The van der Waals surface area contributed by atoms with Crippen LogP contribution in [0.4, 0.5) is 5.69 Å². The summed E-state index contributed by atoms with van der Waals surface area (Å²) in [5.41, 5.74) is 7.66. The first kappa shape index (κ1) is 9.83. The van der Waals surface area contributed by atoms with Gasteiger partial charge in [-0.3, -0.25) is 0 Å². The summed E-state index contributed by atoms with van der Waals surface area (Å²) in [5, 5.41) is 0. The lowest BCUT2D eigenvalue weighted by Gasteiger charge is -2.08. The van der Waals surface area contributed by atoms with E-state index in [0.29, 0.717) is 17.0 Å². The van der Waals surface area contributed by atoms with Gasteiger partial charge < -0.3 is 15.2 Å². The first-order valence-electron chi connectivity index (χ1n) is 4.79. The Morgan fingerprint density at radius 2 is 2.33 bits per heavy atom. The maximum atomic E-state index is 11.5. The normalized spacial score (nSPS) is 18.1. The van der Waals surface area contributed by atoms with Gasteiger partial charge in [-0.25, -0.2) is 4.79 Å². The van der Waals surface area contributed by atoms with E-state index in [2.05, 4.69) is 4.74 Å². The lowest BCUT2D eigenvalue weighted by Crippen LogP contribution is -2.08. The van der Waals surface area contributed by atoms with Crippen LogP contribution in [-0.2, 0) is 11.2 Å². The van der Waals surface area contributed by atoms with Gasteiger partial charge in [-0.2, -0.15) is 0 Å². The second-order valence-electron chi connectivity index (χ2n) is 3.68. The number of carbonyl (C=O) groups is 1. The van der Waals surface area contributed by atoms with Crippen molar-refractivity contribution in [1.29, 1.82) is 0 Å². The van der Waals surface area contributed by atoms with Gasteiger partial charge >= 0.3 is 5.97 Å². The second-order valence-corrected chi connectivity index (χ2v) is 3.68. The van der Waals surface area contributed by atoms with Crippen molar-refractivity contribution in [2.24, 2.45) is 0 Å². The van der Waals surface area contributed by atoms with Gasteiger partial charge in [0.2, 0.25) is 0 Å². The first-order chi connectivity index (χ1) is 7.11. The van der Waals surface area contributed by atoms with Gasteiger partial charge in [-0.15, -0.1) is 0 Å². The van der Waals surface area contributed by atoms with Crippen molar-refractivity contribution >= 4 is 11.7 Å². The maximum absolute atomic E-state index is 11.5. The molecule has 0 fully saturated rings. The molecule has 0 aliphatic carbocycles. The lowest BCUT2D eigenvalue weighted by atomic mass is 10.1. The van der Waals surface area contributed by atoms with Crippen LogP contribution in [0.5, 0.6) is 5.75 Å². The zero-order valence-electron chi connectivity index (χ0n) is 8.74. The standard InChI is InChI=1S/C11H13NO3/c1-6-3-7-4-8(12)5-9(10(7)15-6)11(13)14-2/h4-6H,3,12H2,1-2H3. The van der Waals surface area contributed by atoms with Crippen LogP contribution in [0.1, 0.15) is 22.8 Å². The molecule has 0 saturated heterocycles. The minimum Gasteiger partial charge on any atom is -0.489 e. The zero-order chi connectivity index (χ0) is 11.0. The van der Waals surface area contributed by atoms with Crippen molar-refractivity contribution in [2.45, 2.75) is 19.4 Å². The Morgan fingerprint density at radius 3 is 3.00 bits per heavy atom. The van der Waals surface area contributed by atoms with E-state index in [1.165, 1.54) is 7.11 Å². The highest BCUT2D eigenvalue weighted by molar-refractivity contribution is 5.94. The van der Waals surface area contributed by atoms with Crippen LogP contribution in [0.3, 0.4) is 0 Å². The minimum absolute atomic E-state index is 0.0882. The molecule has 0 bridgehead atoms. The molecule has 0 aromatic heterocycles. The second kappa shape index (κ2) is 3.46. The average molecular weight is 207 g/mol. The van der Waals surface area contributed by atoms with Crippen molar-refractivity contribution < 1.29 is 14.3 Å². The number of ether oxygens (including phenoxy) is 2. The van der Waals surface area contributed by atoms with E-state index in [1.807, 2.05) is 13.0 Å². The number of hydrogen-bond donors (Lipinski definition) is 1. The highest BCUT2D eigenvalue weighted by atomic mass is 16.5. The highest BCUT2D eigenvalue weighted by Crippen LogP contribution is 2.34. The van der Waals surface area contributed by atoms with Gasteiger partial charge in [-0.05, 0) is 19.1 Å². The fourth-order valence-corrected chi connectivity index (χ4v) is 1.82. The van der Waals surface area contributed by atoms with Gasteiger partial charge in [0.25, 0.3) is 0 Å². The molecule has 1 heterocycles. The molecule has 0 radical (unpaired) electrons. The number of benzene rings is 1. The van der Waals surface area contributed by atoms with Gasteiger partial charge in [-0.1, -0.05) is 0 Å². The van der Waals surface area contributed by atoms with Gasteiger partial charge in [0.1, 0.15) is 17.4 Å². The first-order valence-corrected chi connectivity index (χ1v) is 4.79. The largest absolute Gasteiger partial charge is 0.489 e. The quantitative estimate of drug-likeness (QED) is 0.558. The Morgan fingerprint density at radius 1 is 1.60 bits per heavy atom. The highest BCUT2D eigenvalue weighted by Gasteiger charge is 2.26. The van der Waals surface area contributed by atoms with E-state index in [0.717, 1.165) is 12.0 Å². The smallest absolute Gasteiger partial charge is 0.341 e. The molecule has 1 unspecified atom stereocenters. The molecule has 4 nitrogen and oxygen atoms in total. The van der Waals surface area contributed by atoms with Crippen LogP contribution in [0.2, 0.25) is 0 Å². The molecular formula is C11H13NO3. The minimum atomic E-state index is -0.410. The molecular weight excluding hydrogens is 194 g/mol. The number of methoxy groups -OCH3 is 1. The Hall–Kier alpha value is -1.71. The van der Waals surface area contributed by atoms with E-state index in [-0.39, 0.29) is 6.10 Å². The summed E-state index contributed by atoms with van der Waals surface area (Å²) in [6.07, 6.45) is 0.870. The number of rotatable bonds is 1. The van der Waals surface area contributed by atoms with Gasteiger partial charge in [0, 0.05) is 17.7 Å². The fraction of sp³-hybridized carbons (Fsp3) is 0.364.